The third-order valence-electron chi connectivity index (χ3n) is 3.12. The molecule has 0 spiro atoms. The van der Waals surface area contributed by atoms with Crippen molar-refractivity contribution in [2.75, 3.05) is 0 Å². The molecule has 0 aliphatic carbocycles. The normalized spacial score (nSPS) is 11.8. The van der Waals surface area contributed by atoms with Crippen LogP contribution < -0.4 is 0 Å². The minimum absolute atomic E-state index is 0.272. The molecule has 106 valence electrons. The first-order chi connectivity index (χ1) is 9.93. The van der Waals surface area contributed by atoms with Gasteiger partial charge < -0.3 is 0 Å². The standard InChI is InChI=1S/C16H10BrCl2NO/c1-9-6-10(17)2-4-12(9)16(21)14(8-20)13-5-3-11(18)7-15(13)19/h2-7,14H,1H3. The highest BCUT2D eigenvalue weighted by Crippen LogP contribution is 2.30. The maximum Gasteiger partial charge on any atom is 0.184 e. The second-order valence-electron chi connectivity index (χ2n) is 4.55. The molecule has 2 nitrogen and oxygen atoms in total. The van der Waals surface area contributed by atoms with Gasteiger partial charge in [0, 0.05) is 20.1 Å². The number of carbonyl (C=O) groups is 1. The Balaban J connectivity index is 2.46. The van der Waals surface area contributed by atoms with Crippen LogP contribution in [0.3, 0.4) is 0 Å². The Kier molecular flexibility index (Phi) is 5.05. The molecule has 0 aliphatic heterocycles. The van der Waals surface area contributed by atoms with Crippen LogP contribution in [-0.4, -0.2) is 5.78 Å². The first-order valence-electron chi connectivity index (χ1n) is 6.09. The lowest BCUT2D eigenvalue weighted by atomic mass is 9.90. The SMILES string of the molecule is Cc1cc(Br)ccc1C(=O)C(C#N)c1ccc(Cl)cc1Cl. The minimum atomic E-state index is -0.949. The van der Waals surface area contributed by atoms with E-state index in [-0.39, 0.29) is 5.78 Å². The number of Topliss-reactive ketones (excluding diaryl/α,β-unsaturated/α-hetero) is 1. The van der Waals surface area contributed by atoms with Gasteiger partial charge in [0.1, 0.15) is 5.92 Å². The Hall–Kier alpha value is -1.34. The van der Waals surface area contributed by atoms with Gasteiger partial charge >= 0.3 is 0 Å². The zero-order valence-corrected chi connectivity index (χ0v) is 14.1. The van der Waals surface area contributed by atoms with Crippen LogP contribution in [-0.2, 0) is 0 Å². The van der Waals surface area contributed by atoms with Crippen LogP contribution in [0.4, 0.5) is 0 Å². The molecule has 5 heteroatoms. The number of halogens is 3. The summed E-state index contributed by atoms with van der Waals surface area (Å²) in [6.07, 6.45) is 0. The largest absolute Gasteiger partial charge is 0.292 e. The van der Waals surface area contributed by atoms with Crippen molar-refractivity contribution in [1.29, 1.82) is 5.26 Å². The van der Waals surface area contributed by atoms with E-state index < -0.39 is 5.92 Å². The third kappa shape index (κ3) is 3.47. The van der Waals surface area contributed by atoms with Gasteiger partial charge in [0.25, 0.3) is 0 Å². The summed E-state index contributed by atoms with van der Waals surface area (Å²) in [6, 6.07) is 12.1. The smallest absolute Gasteiger partial charge is 0.184 e. The molecule has 2 aromatic rings. The summed E-state index contributed by atoms with van der Waals surface area (Å²) in [7, 11) is 0. The van der Waals surface area contributed by atoms with Gasteiger partial charge in [-0.3, -0.25) is 4.79 Å². The van der Waals surface area contributed by atoms with E-state index in [2.05, 4.69) is 15.9 Å². The molecule has 0 aromatic heterocycles. The Morgan fingerprint density at radius 1 is 1.24 bits per heavy atom. The molecule has 1 atom stereocenters. The average Bonchev–Trinajstić information content (AvgIpc) is 2.41. The molecule has 0 saturated heterocycles. The Morgan fingerprint density at radius 3 is 2.52 bits per heavy atom. The number of hydrogen-bond donors (Lipinski definition) is 0. The van der Waals surface area contributed by atoms with E-state index in [4.69, 9.17) is 23.2 Å². The molecular formula is C16H10BrCl2NO. The lowest BCUT2D eigenvalue weighted by Gasteiger charge is -2.12. The summed E-state index contributed by atoms with van der Waals surface area (Å²) in [5, 5.41) is 10.2. The highest BCUT2D eigenvalue weighted by molar-refractivity contribution is 9.10. The third-order valence-corrected chi connectivity index (χ3v) is 4.17. The molecule has 0 bridgehead atoms. The van der Waals surface area contributed by atoms with E-state index in [1.165, 1.54) is 6.07 Å². The quantitative estimate of drug-likeness (QED) is 0.652. The van der Waals surface area contributed by atoms with Crippen LogP contribution >= 0.6 is 39.1 Å². The summed E-state index contributed by atoms with van der Waals surface area (Å²) in [4.78, 5) is 12.6. The summed E-state index contributed by atoms with van der Waals surface area (Å²) < 4.78 is 0.884. The number of nitrogens with zero attached hydrogens (tertiary/aromatic N) is 1. The lowest BCUT2D eigenvalue weighted by Crippen LogP contribution is -2.13. The first kappa shape index (κ1) is 16.0. The summed E-state index contributed by atoms with van der Waals surface area (Å²) in [5.41, 5.74) is 1.78. The molecule has 0 fully saturated rings. The summed E-state index contributed by atoms with van der Waals surface area (Å²) in [5.74, 6) is -1.22. The molecule has 0 aliphatic rings. The van der Waals surface area contributed by atoms with Crippen molar-refractivity contribution in [2.24, 2.45) is 0 Å². The number of carbonyl (C=O) groups excluding carboxylic acids is 1. The Morgan fingerprint density at radius 2 is 1.95 bits per heavy atom. The van der Waals surface area contributed by atoms with E-state index in [1.807, 2.05) is 19.1 Å². The summed E-state index contributed by atoms with van der Waals surface area (Å²) >= 11 is 15.3. The van der Waals surface area contributed by atoms with Gasteiger partial charge in [0.2, 0.25) is 0 Å². The Bertz CT molecular complexity index is 752. The highest BCUT2D eigenvalue weighted by atomic mass is 79.9. The van der Waals surface area contributed by atoms with Crippen molar-refractivity contribution < 1.29 is 4.79 Å². The number of hydrogen-bond acceptors (Lipinski definition) is 2. The number of benzene rings is 2. The Labute approximate surface area is 141 Å². The van der Waals surface area contributed by atoms with Gasteiger partial charge in [-0.1, -0.05) is 45.2 Å². The lowest BCUT2D eigenvalue weighted by molar-refractivity contribution is 0.0978. The van der Waals surface area contributed by atoms with Crippen molar-refractivity contribution in [3.63, 3.8) is 0 Å². The second kappa shape index (κ2) is 6.62. The van der Waals surface area contributed by atoms with Gasteiger partial charge in [0.05, 0.1) is 6.07 Å². The average molecular weight is 383 g/mol. The predicted molar refractivity (Wildman–Crippen MR) is 88.0 cm³/mol. The van der Waals surface area contributed by atoms with Crippen LogP contribution in [0.15, 0.2) is 40.9 Å². The predicted octanol–water partition coefficient (Wildman–Crippen LogP) is 5.55. The molecule has 21 heavy (non-hydrogen) atoms. The van der Waals surface area contributed by atoms with Gasteiger partial charge in [-0.15, -0.1) is 0 Å². The molecule has 0 N–H and O–H groups in total. The van der Waals surface area contributed by atoms with Gasteiger partial charge in [-0.05, 0) is 48.4 Å². The molecule has 0 saturated carbocycles. The van der Waals surface area contributed by atoms with E-state index in [0.717, 1.165) is 10.0 Å². The molecule has 2 rings (SSSR count). The monoisotopic (exact) mass is 381 g/mol. The van der Waals surface area contributed by atoms with Gasteiger partial charge in [-0.2, -0.15) is 5.26 Å². The van der Waals surface area contributed by atoms with Crippen LogP contribution in [0.5, 0.6) is 0 Å². The maximum absolute atomic E-state index is 12.6. The molecular weight excluding hydrogens is 373 g/mol. The first-order valence-corrected chi connectivity index (χ1v) is 7.64. The second-order valence-corrected chi connectivity index (χ2v) is 6.31. The number of ketones is 1. The van der Waals surface area contributed by atoms with E-state index >= 15 is 0 Å². The van der Waals surface area contributed by atoms with Crippen molar-refractivity contribution in [1.82, 2.24) is 0 Å². The zero-order valence-electron chi connectivity index (χ0n) is 11.0. The van der Waals surface area contributed by atoms with Crippen LogP contribution in [0, 0.1) is 18.3 Å². The fraction of sp³-hybridized carbons (Fsp3) is 0.125. The van der Waals surface area contributed by atoms with Crippen molar-refractivity contribution in [3.05, 3.63) is 67.6 Å². The molecule has 0 amide bonds. The summed E-state index contributed by atoms with van der Waals surface area (Å²) in [6.45, 7) is 1.83. The van der Waals surface area contributed by atoms with Crippen LogP contribution in [0.1, 0.15) is 27.4 Å². The number of rotatable bonds is 3. The van der Waals surface area contributed by atoms with Crippen molar-refractivity contribution in [2.45, 2.75) is 12.8 Å². The molecule has 2 aromatic carbocycles. The fourth-order valence-corrected chi connectivity index (χ4v) is 3.06. The number of aryl methyl sites for hydroxylation is 1. The van der Waals surface area contributed by atoms with Gasteiger partial charge in [0.15, 0.2) is 5.78 Å². The van der Waals surface area contributed by atoms with E-state index in [1.54, 1.807) is 24.3 Å². The maximum atomic E-state index is 12.6. The molecule has 1 unspecified atom stereocenters. The van der Waals surface area contributed by atoms with E-state index in [0.29, 0.717) is 21.2 Å². The molecule has 0 heterocycles. The topological polar surface area (TPSA) is 40.9 Å². The van der Waals surface area contributed by atoms with Crippen molar-refractivity contribution in [3.8, 4) is 6.07 Å². The fourth-order valence-electron chi connectivity index (χ4n) is 2.06. The van der Waals surface area contributed by atoms with Gasteiger partial charge in [-0.25, -0.2) is 0 Å². The molecule has 0 radical (unpaired) electrons. The highest BCUT2D eigenvalue weighted by Gasteiger charge is 2.25. The van der Waals surface area contributed by atoms with Crippen molar-refractivity contribution >= 4 is 44.9 Å². The number of nitriles is 1. The zero-order chi connectivity index (χ0) is 15.6. The van der Waals surface area contributed by atoms with Crippen LogP contribution in [0.2, 0.25) is 10.0 Å². The van der Waals surface area contributed by atoms with Crippen LogP contribution in [0.25, 0.3) is 0 Å². The minimum Gasteiger partial charge on any atom is -0.292 e. The van der Waals surface area contributed by atoms with E-state index in [9.17, 15) is 10.1 Å².